The van der Waals surface area contributed by atoms with Gasteiger partial charge in [-0.15, -0.1) is 0 Å². The highest BCUT2D eigenvalue weighted by Gasteiger charge is 2.19. The first-order valence-corrected chi connectivity index (χ1v) is 8.67. The molecule has 1 saturated carbocycles. The second kappa shape index (κ2) is 10.6. The van der Waals surface area contributed by atoms with Crippen molar-refractivity contribution in [1.82, 2.24) is 10.2 Å². The number of methoxy groups -OCH3 is 1. The Balaban J connectivity index is 2.26. The molecular weight excluding hydrogens is 248 g/mol. The summed E-state index contributed by atoms with van der Waals surface area (Å²) in [6.45, 7) is 11.2. The smallest absolute Gasteiger partial charge is 0.0589 e. The molecule has 1 N–H and O–H groups in total. The molecule has 1 aliphatic carbocycles. The van der Waals surface area contributed by atoms with E-state index >= 15 is 0 Å². The van der Waals surface area contributed by atoms with E-state index in [2.05, 4.69) is 31.0 Å². The van der Waals surface area contributed by atoms with Crippen molar-refractivity contribution in [3.05, 3.63) is 0 Å². The second-order valence-electron chi connectivity index (χ2n) is 6.41. The topological polar surface area (TPSA) is 24.5 Å². The molecule has 3 heteroatoms. The highest BCUT2D eigenvalue weighted by Crippen LogP contribution is 2.23. The molecule has 0 bridgehead atoms. The summed E-state index contributed by atoms with van der Waals surface area (Å²) in [6.07, 6.45) is 8.01. The largest absolute Gasteiger partial charge is 0.383 e. The lowest BCUT2D eigenvalue weighted by Crippen LogP contribution is -2.43. The van der Waals surface area contributed by atoms with Crippen molar-refractivity contribution in [2.45, 2.75) is 71.4 Å². The van der Waals surface area contributed by atoms with Gasteiger partial charge in [0.25, 0.3) is 0 Å². The molecular formula is C17H36N2O. The van der Waals surface area contributed by atoms with Crippen LogP contribution in [0.15, 0.2) is 0 Å². The molecule has 120 valence electrons. The van der Waals surface area contributed by atoms with E-state index in [0.29, 0.717) is 6.04 Å². The van der Waals surface area contributed by atoms with Gasteiger partial charge in [0.05, 0.1) is 6.61 Å². The van der Waals surface area contributed by atoms with E-state index in [9.17, 15) is 0 Å². The Kier molecular flexibility index (Phi) is 9.49. The van der Waals surface area contributed by atoms with Crippen molar-refractivity contribution in [2.24, 2.45) is 5.92 Å². The van der Waals surface area contributed by atoms with E-state index in [1.807, 2.05) is 0 Å². The van der Waals surface area contributed by atoms with Crippen molar-refractivity contribution in [2.75, 3.05) is 33.4 Å². The zero-order valence-electron chi connectivity index (χ0n) is 14.2. The molecule has 0 radical (unpaired) electrons. The van der Waals surface area contributed by atoms with Crippen LogP contribution < -0.4 is 5.32 Å². The fraction of sp³-hybridized carbons (Fsp3) is 1.00. The molecule has 0 spiro atoms. The maximum absolute atomic E-state index is 5.26. The van der Waals surface area contributed by atoms with Crippen LogP contribution in [0.5, 0.6) is 0 Å². The summed E-state index contributed by atoms with van der Waals surface area (Å²) in [4.78, 5) is 2.60. The Bertz CT molecular complexity index is 223. The SMILES string of the molecule is CCC(CC)N(CCNC1CCC(C)CC1)CCOC. The average Bonchev–Trinajstić information content (AvgIpc) is 2.47. The van der Waals surface area contributed by atoms with Crippen LogP contribution in [0.25, 0.3) is 0 Å². The third kappa shape index (κ3) is 6.55. The number of hydrogen-bond acceptors (Lipinski definition) is 3. The van der Waals surface area contributed by atoms with Crippen molar-refractivity contribution in [3.63, 3.8) is 0 Å². The number of hydrogen-bond donors (Lipinski definition) is 1. The molecule has 1 aliphatic rings. The van der Waals surface area contributed by atoms with Gasteiger partial charge >= 0.3 is 0 Å². The van der Waals surface area contributed by atoms with E-state index in [4.69, 9.17) is 4.74 Å². The van der Waals surface area contributed by atoms with Crippen LogP contribution >= 0.6 is 0 Å². The Labute approximate surface area is 126 Å². The van der Waals surface area contributed by atoms with Crippen LogP contribution in [0.2, 0.25) is 0 Å². The molecule has 0 atom stereocenters. The maximum atomic E-state index is 5.26. The van der Waals surface area contributed by atoms with Gasteiger partial charge in [0, 0.05) is 38.8 Å². The minimum atomic E-state index is 0.707. The molecule has 0 aliphatic heterocycles. The lowest BCUT2D eigenvalue weighted by atomic mass is 9.87. The summed E-state index contributed by atoms with van der Waals surface area (Å²) >= 11 is 0. The van der Waals surface area contributed by atoms with Crippen LogP contribution in [0, 0.1) is 5.92 Å². The van der Waals surface area contributed by atoms with E-state index < -0.39 is 0 Å². The number of ether oxygens (including phenoxy) is 1. The highest BCUT2D eigenvalue weighted by molar-refractivity contribution is 4.77. The minimum absolute atomic E-state index is 0.707. The molecule has 0 unspecified atom stereocenters. The molecule has 1 rings (SSSR count). The number of nitrogens with one attached hydrogen (secondary N) is 1. The van der Waals surface area contributed by atoms with E-state index in [1.54, 1.807) is 7.11 Å². The van der Waals surface area contributed by atoms with Gasteiger partial charge in [-0.05, 0) is 44.4 Å². The van der Waals surface area contributed by atoms with Crippen LogP contribution in [-0.4, -0.2) is 50.3 Å². The third-order valence-corrected chi connectivity index (χ3v) is 4.89. The van der Waals surface area contributed by atoms with E-state index in [-0.39, 0.29) is 0 Å². The van der Waals surface area contributed by atoms with Crippen molar-refractivity contribution >= 4 is 0 Å². The van der Waals surface area contributed by atoms with Crippen LogP contribution in [0.3, 0.4) is 0 Å². The monoisotopic (exact) mass is 284 g/mol. The molecule has 0 amide bonds. The van der Waals surface area contributed by atoms with Gasteiger partial charge in [-0.25, -0.2) is 0 Å². The molecule has 0 aromatic heterocycles. The fourth-order valence-corrected chi connectivity index (χ4v) is 3.37. The maximum Gasteiger partial charge on any atom is 0.0589 e. The predicted octanol–water partition coefficient (Wildman–Crippen LogP) is 3.29. The summed E-state index contributed by atoms with van der Waals surface area (Å²) < 4.78 is 5.26. The molecule has 3 nitrogen and oxygen atoms in total. The Hall–Kier alpha value is -0.120. The minimum Gasteiger partial charge on any atom is -0.383 e. The van der Waals surface area contributed by atoms with Gasteiger partial charge in [-0.3, -0.25) is 4.90 Å². The predicted molar refractivity (Wildman–Crippen MR) is 87.2 cm³/mol. The summed E-state index contributed by atoms with van der Waals surface area (Å²) in [5, 5.41) is 3.77. The zero-order valence-corrected chi connectivity index (χ0v) is 14.2. The Morgan fingerprint density at radius 3 is 2.30 bits per heavy atom. The standard InChI is InChI=1S/C17H36N2O/c1-5-17(6-2)19(13-14-20-4)12-11-18-16-9-7-15(3)8-10-16/h15-18H,5-14H2,1-4H3. The van der Waals surface area contributed by atoms with Gasteiger partial charge < -0.3 is 10.1 Å². The van der Waals surface area contributed by atoms with Crippen LogP contribution in [-0.2, 0) is 4.74 Å². The molecule has 0 heterocycles. The van der Waals surface area contributed by atoms with Crippen molar-refractivity contribution < 1.29 is 4.74 Å². The van der Waals surface area contributed by atoms with Crippen LogP contribution in [0.4, 0.5) is 0 Å². The lowest BCUT2D eigenvalue weighted by molar-refractivity contribution is 0.114. The molecule has 0 saturated heterocycles. The van der Waals surface area contributed by atoms with Crippen molar-refractivity contribution in [3.8, 4) is 0 Å². The van der Waals surface area contributed by atoms with Gasteiger partial charge in [0.15, 0.2) is 0 Å². The first kappa shape index (κ1) is 17.9. The number of nitrogens with zero attached hydrogens (tertiary/aromatic N) is 1. The fourth-order valence-electron chi connectivity index (χ4n) is 3.37. The Morgan fingerprint density at radius 1 is 1.10 bits per heavy atom. The second-order valence-corrected chi connectivity index (χ2v) is 6.41. The van der Waals surface area contributed by atoms with Gasteiger partial charge in [-0.2, -0.15) is 0 Å². The van der Waals surface area contributed by atoms with Gasteiger partial charge in [0.2, 0.25) is 0 Å². The average molecular weight is 284 g/mol. The number of rotatable bonds is 10. The third-order valence-electron chi connectivity index (χ3n) is 4.89. The van der Waals surface area contributed by atoms with E-state index in [0.717, 1.165) is 38.2 Å². The van der Waals surface area contributed by atoms with Crippen LogP contribution in [0.1, 0.15) is 59.3 Å². The Morgan fingerprint density at radius 2 is 1.75 bits per heavy atom. The quantitative estimate of drug-likeness (QED) is 0.666. The molecule has 20 heavy (non-hydrogen) atoms. The summed E-state index contributed by atoms with van der Waals surface area (Å²) in [5.41, 5.74) is 0. The first-order valence-electron chi connectivity index (χ1n) is 8.67. The van der Waals surface area contributed by atoms with Crippen molar-refractivity contribution in [1.29, 1.82) is 0 Å². The highest BCUT2D eigenvalue weighted by atomic mass is 16.5. The molecule has 1 fully saturated rings. The lowest BCUT2D eigenvalue weighted by Gasteiger charge is -2.32. The molecule has 0 aromatic carbocycles. The molecule has 0 aromatic rings. The summed E-state index contributed by atoms with van der Waals surface area (Å²) in [6, 6.07) is 1.47. The van der Waals surface area contributed by atoms with Gasteiger partial charge in [-0.1, -0.05) is 20.8 Å². The van der Waals surface area contributed by atoms with E-state index in [1.165, 1.54) is 38.5 Å². The summed E-state index contributed by atoms with van der Waals surface area (Å²) in [7, 11) is 1.80. The first-order chi connectivity index (χ1) is 9.71. The normalized spacial score (nSPS) is 23.7. The van der Waals surface area contributed by atoms with Gasteiger partial charge in [0.1, 0.15) is 0 Å². The summed E-state index contributed by atoms with van der Waals surface area (Å²) in [5.74, 6) is 0.941. The zero-order chi connectivity index (χ0) is 14.8.